The van der Waals surface area contributed by atoms with E-state index in [2.05, 4.69) is 0 Å². The monoisotopic (exact) mass is 203 g/mol. The Morgan fingerprint density at radius 1 is 1.29 bits per heavy atom. The van der Waals surface area contributed by atoms with Crippen LogP contribution in [0, 0.1) is 11.6 Å². The average Bonchev–Trinajstić information content (AvgIpc) is 2.12. The molecule has 0 heterocycles. The molecule has 0 amide bonds. The SMILES string of the molecule is C[C@H](O)[C@@H](N)c1cc(F)c(O)c(F)c1. The molecule has 0 aromatic heterocycles. The van der Waals surface area contributed by atoms with E-state index in [1.165, 1.54) is 6.92 Å². The fraction of sp³-hybridized carbons (Fsp3) is 0.333. The fourth-order valence-corrected chi connectivity index (χ4v) is 1.06. The lowest BCUT2D eigenvalue weighted by molar-refractivity contribution is 0.164. The van der Waals surface area contributed by atoms with Gasteiger partial charge in [-0.2, -0.15) is 0 Å². The first-order chi connectivity index (χ1) is 6.43. The van der Waals surface area contributed by atoms with E-state index in [-0.39, 0.29) is 5.56 Å². The van der Waals surface area contributed by atoms with Crippen LogP contribution in [0.2, 0.25) is 0 Å². The van der Waals surface area contributed by atoms with Crippen LogP contribution in [-0.4, -0.2) is 16.3 Å². The van der Waals surface area contributed by atoms with E-state index < -0.39 is 29.5 Å². The zero-order valence-corrected chi connectivity index (χ0v) is 7.54. The van der Waals surface area contributed by atoms with E-state index in [9.17, 15) is 8.78 Å². The van der Waals surface area contributed by atoms with Crippen molar-refractivity contribution < 1.29 is 19.0 Å². The Morgan fingerprint density at radius 2 is 1.71 bits per heavy atom. The molecule has 0 aliphatic heterocycles. The molecule has 1 aromatic carbocycles. The number of hydrogen-bond donors (Lipinski definition) is 3. The van der Waals surface area contributed by atoms with E-state index in [1.54, 1.807) is 0 Å². The molecule has 0 aliphatic rings. The van der Waals surface area contributed by atoms with E-state index in [0.29, 0.717) is 0 Å². The van der Waals surface area contributed by atoms with Crippen molar-refractivity contribution in [1.29, 1.82) is 0 Å². The van der Waals surface area contributed by atoms with Crippen LogP contribution in [0.15, 0.2) is 12.1 Å². The van der Waals surface area contributed by atoms with Gasteiger partial charge in [0.25, 0.3) is 0 Å². The predicted octanol–water partition coefficient (Wildman–Crippen LogP) is 1.05. The average molecular weight is 203 g/mol. The second-order valence-corrected chi connectivity index (χ2v) is 3.10. The number of nitrogens with two attached hydrogens (primary N) is 1. The zero-order chi connectivity index (χ0) is 10.9. The molecule has 3 nitrogen and oxygen atoms in total. The number of aliphatic hydroxyl groups excluding tert-OH is 1. The third-order valence-corrected chi connectivity index (χ3v) is 1.94. The molecule has 0 aliphatic carbocycles. The summed E-state index contributed by atoms with van der Waals surface area (Å²) in [6.45, 7) is 1.41. The molecule has 78 valence electrons. The van der Waals surface area contributed by atoms with Gasteiger partial charge in [0.05, 0.1) is 12.1 Å². The third-order valence-electron chi connectivity index (χ3n) is 1.94. The van der Waals surface area contributed by atoms with Crippen molar-refractivity contribution in [1.82, 2.24) is 0 Å². The predicted molar refractivity (Wildman–Crippen MR) is 46.6 cm³/mol. The van der Waals surface area contributed by atoms with Crippen molar-refractivity contribution in [3.05, 3.63) is 29.3 Å². The van der Waals surface area contributed by atoms with Gasteiger partial charge in [-0.05, 0) is 24.6 Å². The minimum absolute atomic E-state index is 0.104. The van der Waals surface area contributed by atoms with E-state index >= 15 is 0 Å². The second-order valence-electron chi connectivity index (χ2n) is 3.10. The number of benzene rings is 1. The molecule has 1 aromatic rings. The van der Waals surface area contributed by atoms with Gasteiger partial charge in [-0.25, -0.2) is 8.78 Å². The van der Waals surface area contributed by atoms with Crippen molar-refractivity contribution in [2.75, 3.05) is 0 Å². The molecular formula is C9H11F2NO2. The quantitative estimate of drug-likeness (QED) is 0.673. The molecule has 0 saturated carbocycles. The van der Waals surface area contributed by atoms with Gasteiger partial charge in [0.15, 0.2) is 17.4 Å². The third kappa shape index (κ3) is 2.00. The number of phenols is 1. The Bertz CT molecular complexity index is 319. The lowest BCUT2D eigenvalue weighted by Crippen LogP contribution is -2.23. The summed E-state index contributed by atoms with van der Waals surface area (Å²) in [6, 6.07) is 0.922. The van der Waals surface area contributed by atoms with Crippen LogP contribution in [-0.2, 0) is 0 Å². The normalized spacial score (nSPS) is 15.2. The molecule has 4 N–H and O–H groups in total. The summed E-state index contributed by atoms with van der Waals surface area (Å²) >= 11 is 0. The van der Waals surface area contributed by atoms with Crippen molar-refractivity contribution in [3.63, 3.8) is 0 Å². The Kier molecular flexibility index (Phi) is 3.03. The highest BCUT2D eigenvalue weighted by Gasteiger charge is 2.17. The van der Waals surface area contributed by atoms with Gasteiger partial charge < -0.3 is 15.9 Å². The van der Waals surface area contributed by atoms with Crippen LogP contribution in [0.1, 0.15) is 18.5 Å². The summed E-state index contributed by atoms with van der Waals surface area (Å²) in [4.78, 5) is 0. The largest absolute Gasteiger partial charge is 0.503 e. The summed E-state index contributed by atoms with van der Waals surface area (Å²) in [7, 11) is 0. The maximum absolute atomic E-state index is 12.8. The summed E-state index contributed by atoms with van der Waals surface area (Å²) in [5, 5.41) is 17.9. The topological polar surface area (TPSA) is 66.5 Å². The van der Waals surface area contributed by atoms with Crippen LogP contribution in [0.4, 0.5) is 8.78 Å². The molecule has 14 heavy (non-hydrogen) atoms. The zero-order valence-electron chi connectivity index (χ0n) is 7.54. The standard InChI is InChI=1S/C9H11F2NO2/c1-4(13)8(12)5-2-6(10)9(14)7(11)3-5/h2-4,8,13-14H,12H2,1H3/t4-,8+/m0/s1. The lowest BCUT2D eigenvalue weighted by Gasteiger charge is -2.15. The first kappa shape index (κ1) is 10.9. The Hall–Kier alpha value is -1.20. The number of phenolic OH excluding ortho intramolecular Hbond substituents is 1. The minimum Gasteiger partial charge on any atom is -0.503 e. The molecule has 2 atom stereocenters. The molecule has 0 saturated heterocycles. The Balaban J connectivity index is 3.12. The van der Waals surface area contributed by atoms with Crippen molar-refractivity contribution >= 4 is 0 Å². The number of rotatable bonds is 2. The first-order valence-corrected chi connectivity index (χ1v) is 4.05. The van der Waals surface area contributed by atoms with Gasteiger partial charge >= 0.3 is 0 Å². The van der Waals surface area contributed by atoms with Gasteiger partial charge in [-0.3, -0.25) is 0 Å². The summed E-state index contributed by atoms with van der Waals surface area (Å²) < 4.78 is 25.7. The lowest BCUT2D eigenvalue weighted by atomic mass is 10.0. The van der Waals surface area contributed by atoms with Crippen molar-refractivity contribution in [2.24, 2.45) is 5.73 Å². The highest BCUT2D eigenvalue weighted by molar-refractivity contribution is 5.31. The molecular weight excluding hydrogens is 192 g/mol. The Labute approximate surface area is 79.8 Å². The molecule has 0 fully saturated rings. The maximum Gasteiger partial charge on any atom is 0.187 e. The van der Waals surface area contributed by atoms with Crippen molar-refractivity contribution in [2.45, 2.75) is 19.1 Å². The first-order valence-electron chi connectivity index (χ1n) is 4.05. The van der Waals surface area contributed by atoms with Gasteiger partial charge in [0.1, 0.15) is 0 Å². The maximum atomic E-state index is 12.8. The summed E-state index contributed by atoms with van der Waals surface area (Å²) in [5.74, 6) is -3.21. The number of aliphatic hydroxyl groups is 1. The molecule has 0 unspecified atom stereocenters. The molecule has 0 spiro atoms. The fourth-order valence-electron chi connectivity index (χ4n) is 1.06. The number of aromatic hydroxyl groups is 1. The summed E-state index contributed by atoms with van der Waals surface area (Å²) in [6.07, 6.45) is -0.918. The van der Waals surface area contributed by atoms with Gasteiger partial charge in [0, 0.05) is 0 Å². The molecule has 1 rings (SSSR count). The highest BCUT2D eigenvalue weighted by atomic mass is 19.1. The smallest absolute Gasteiger partial charge is 0.187 e. The van der Waals surface area contributed by atoms with Gasteiger partial charge in [-0.1, -0.05) is 0 Å². The van der Waals surface area contributed by atoms with Crippen LogP contribution in [0.25, 0.3) is 0 Å². The van der Waals surface area contributed by atoms with E-state index in [1.807, 2.05) is 0 Å². The summed E-state index contributed by atoms with van der Waals surface area (Å²) in [5.41, 5.74) is 5.57. The van der Waals surface area contributed by atoms with Gasteiger partial charge in [-0.15, -0.1) is 0 Å². The highest BCUT2D eigenvalue weighted by Crippen LogP contribution is 2.25. The molecule has 5 heteroatoms. The molecule has 0 bridgehead atoms. The van der Waals surface area contributed by atoms with Gasteiger partial charge in [0.2, 0.25) is 0 Å². The van der Waals surface area contributed by atoms with Crippen LogP contribution >= 0.6 is 0 Å². The Morgan fingerprint density at radius 3 is 2.07 bits per heavy atom. The van der Waals surface area contributed by atoms with E-state index in [4.69, 9.17) is 15.9 Å². The second kappa shape index (κ2) is 3.89. The number of halogens is 2. The van der Waals surface area contributed by atoms with Crippen LogP contribution in [0.5, 0.6) is 5.75 Å². The van der Waals surface area contributed by atoms with Crippen LogP contribution in [0.3, 0.4) is 0 Å². The molecule has 0 radical (unpaired) electrons. The number of hydrogen-bond acceptors (Lipinski definition) is 3. The van der Waals surface area contributed by atoms with E-state index in [0.717, 1.165) is 12.1 Å². The van der Waals surface area contributed by atoms with Crippen molar-refractivity contribution in [3.8, 4) is 5.75 Å². The van der Waals surface area contributed by atoms with Crippen LogP contribution < -0.4 is 5.73 Å². The minimum atomic E-state index is -1.09.